The topological polar surface area (TPSA) is 47.6 Å². The van der Waals surface area contributed by atoms with Crippen LogP contribution in [-0.4, -0.2) is 26.2 Å². The smallest absolute Gasteiger partial charge is 0.247 e. The monoisotopic (exact) mass is 199 g/mol. The van der Waals surface area contributed by atoms with Crippen molar-refractivity contribution < 1.29 is 14.4 Å². The summed E-state index contributed by atoms with van der Waals surface area (Å²) < 4.78 is 4.80. The molecule has 1 N–H and O–H groups in total. The Morgan fingerprint density at radius 2 is 2.07 bits per heavy atom. The minimum Gasteiger partial charge on any atom is -0.382 e. The van der Waals surface area contributed by atoms with Crippen LogP contribution in [0, 0.1) is 17.8 Å². The lowest BCUT2D eigenvalue weighted by atomic mass is 10.1. The third-order valence-corrected chi connectivity index (χ3v) is 3.27. The van der Waals surface area contributed by atoms with E-state index in [9.17, 15) is 4.79 Å². The Bertz CT molecular complexity index is 209. The van der Waals surface area contributed by atoms with Gasteiger partial charge in [-0.1, -0.05) is 6.42 Å². The van der Waals surface area contributed by atoms with Gasteiger partial charge in [0.05, 0.1) is 13.2 Å². The number of methoxy groups -OCH3 is 1. The first-order chi connectivity index (χ1) is 6.84. The molecule has 0 bridgehead atoms. The van der Waals surface area contributed by atoms with Gasteiger partial charge in [-0.15, -0.1) is 0 Å². The Hall–Kier alpha value is -0.610. The van der Waals surface area contributed by atoms with Gasteiger partial charge in [0.1, 0.15) is 0 Å². The maximum atomic E-state index is 11.5. The zero-order valence-corrected chi connectivity index (χ0v) is 8.49. The van der Waals surface area contributed by atoms with E-state index in [0.29, 0.717) is 25.0 Å². The van der Waals surface area contributed by atoms with Gasteiger partial charge in [0.25, 0.3) is 0 Å². The van der Waals surface area contributed by atoms with Gasteiger partial charge in [0.2, 0.25) is 5.91 Å². The lowest BCUT2D eigenvalue weighted by Crippen LogP contribution is -2.28. The maximum absolute atomic E-state index is 11.5. The second kappa shape index (κ2) is 4.28. The van der Waals surface area contributed by atoms with E-state index in [2.05, 4.69) is 5.48 Å². The predicted octanol–water partition coefficient (Wildman–Crippen LogP) is 0.727. The van der Waals surface area contributed by atoms with Crippen molar-refractivity contribution in [3.63, 3.8) is 0 Å². The van der Waals surface area contributed by atoms with Crippen LogP contribution in [0.15, 0.2) is 0 Å². The first-order valence-electron chi connectivity index (χ1n) is 5.25. The number of hydrogen-bond acceptors (Lipinski definition) is 3. The normalized spacial score (nSPS) is 33.9. The van der Waals surface area contributed by atoms with Crippen molar-refractivity contribution in [1.82, 2.24) is 5.48 Å². The molecule has 2 aliphatic rings. The SMILES string of the molecule is COCCONC(=O)C1C2CCCC21. The largest absolute Gasteiger partial charge is 0.382 e. The van der Waals surface area contributed by atoms with Gasteiger partial charge >= 0.3 is 0 Å². The number of nitrogens with one attached hydrogen (secondary N) is 1. The Labute approximate surface area is 83.9 Å². The molecule has 0 radical (unpaired) electrons. The number of hydroxylamine groups is 1. The van der Waals surface area contributed by atoms with Crippen LogP contribution in [-0.2, 0) is 14.4 Å². The molecule has 1 amide bonds. The number of fused-ring (bicyclic) bond motifs is 1. The Morgan fingerprint density at radius 1 is 1.36 bits per heavy atom. The second-order valence-corrected chi connectivity index (χ2v) is 4.09. The summed E-state index contributed by atoms with van der Waals surface area (Å²) in [6, 6.07) is 0. The van der Waals surface area contributed by atoms with Crippen LogP contribution < -0.4 is 5.48 Å². The fourth-order valence-corrected chi connectivity index (χ4v) is 2.53. The molecule has 0 spiro atoms. The van der Waals surface area contributed by atoms with Gasteiger partial charge in [-0.3, -0.25) is 9.63 Å². The summed E-state index contributed by atoms with van der Waals surface area (Å²) in [4.78, 5) is 16.5. The van der Waals surface area contributed by atoms with E-state index in [4.69, 9.17) is 9.57 Å². The summed E-state index contributed by atoms with van der Waals surface area (Å²) in [5, 5.41) is 0. The molecule has 0 aliphatic heterocycles. The van der Waals surface area contributed by atoms with Crippen LogP contribution in [0.4, 0.5) is 0 Å². The second-order valence-electron chi connectivity index (χ2n) is 4.09. The Morgan fingerprint density at radius 3 is 2.71 bits per heavy atom. The van der Waals surface area contributed by atoms with Crippen molar-refractivity contribution in [2.75, 3.05) is 20.3 Å². The molecule has 0 aromatic carbocycles. The zero-order chi connectivity index (χ0) is 9.97. The highest BCUT2D eigenvalue weighted by Gasteiger charge is 2.56. The van der Waals surface area contributed by atoms with Gasteiger partial charge in [0, 0.05) is 13.0 Å². The van der Waals surface area contributed by atoms with Gasteiger partial charge in [-0.25, -0.2) is 5.48 Å². The standard InChI is InChI=1S/C10H17NO3/c1-13-5-6-14-11-10(12)9-7-3-2-4-8(7)9/h7-9H,2-6H2,1H3,(H,11,12). The highest BCUT2D eigenvalue weighted by atomic mass is 16.7. The van der Waals surface area contributed by atoms with E-state index in [1.807, 2.05) is 0 Å². The number of hydrogen-bond donors (Lipinski definition) is 1. The lowest BCUT2D eigenvalue weighted by molar-refractivity contribution is -0.136. The molecule has 2 saturated carbocycles. The highest BCUT2D eigenvalue weighted by Crippen LogP contribution is 2.57. The molecule has 2 aliphatic carbocycles. The van der Waals surface area contributed by atoms with Gasteiger partial charge in [-0.2, -0.15) is 0 Å². The maximum Gasteiger partial charge on any atom is 0.247 e. The zero-order valence-electron chi connectivity index (χ0n) is 8.49. The van der Waals surface area contributed by atoms with E-state index < -0.39 is 0 Å². The lowest BCUT2D eigenvalue weighted by Gasteiger charge is -2.06. The van der Waals surface area contributed by atoms with E-state index >= 15 is 0 Å². The summed E-state index contributed by atoms with van der Waals surface area (Å²) in [6.07, 6.45) is 3.74. The van der Waals surface area contributed by atoms with Crippen molar-refractivity contribution in [2.45, 2.75) is 19.3 Å². The number of amides is 1. The first-order valence-corrected chi connectivity index (χ1v) is 5.25. The third kappa shape index (κ3) is 1.91. The molecule has 2 unspecified atom stereocenters. The van der Waals surface area contributed by atoms with Crippen LogP contribution in [0.1, 0.15) is 19.3 Å². The molecule has 2 rings (SSSR count). The minimum absolute atomic E-state index is 0.0656. The van der Waals surface area contributed by atoms with E-state index in [1.165, 1.54) is 19.3 Å². The molecule has 0 heterocycles. The quantitative estimate of drug-likeness (QED) is 0.524. The van der Waals surface area contributed by atoms with Gasteiger partial charge < -0.3 is 4.74 Å². The molecule has 2 fully saturated rings. The Kier molecular flexibility index (Phi) is 3.03. The van der Waals surface area contributed by atoms with Crippen molar-refractivity contribution in [2.24, 2.45) is 17.8 Å². The van der Waals surface area contributed by atoms with Crippen LogP contribution in [0.5, 0.6) is 0 Å². The van der Waals surface area contributed by atoms with Gasteiger partial charge in [-0.05, 0) is 24.7 Å². The van der Waals surface area contributed by atoms with E-state index in [1.54, 1.807) is 7.11 Å². The number of rotatable bonds is 5. The summed E-state index contributed by atoms with van der Waals surface area (Å²) in [5.41, 5.74) is 2.49. The van der Waals surface area contributed by atoms with Crippen molar-refractivity contribution in [3.05, 3.63) is 0 Å². The summed E-state index contributed by atoms with van der Waals surface area (Å²) in [7, 11) is 1.61. The average molecular weight is 199 g/mol. The fourth-order valence-electron chi connectivity index (χ4n) is 2.53. The third-order valence-electron chi connectivity index (χ3n) is 3.27. The van der Waals surface area contributed by atoms with Crippen molar-refractivity contribution in [1.29, 1.82) is 0 Å². The highest BCUT2D eigenvalue weighted by molar-refractivity contribution is 5.81. The number of carbonyl (C=O) groups is 1. The molecule has 4 heteroatoms. The Balaban J connectivity index is 1.61. The molecule has 0 aromatic rings. The molecule has 2 atom stereocenters. The van der Waals surface area contributed by atoms with Crippen molar-refractivity contribution in [3.8, 4) is 0 Å². The molecule has 4 nitrogen and oxygen atoms in total. The summed E-state index contributed by atoms with van der Waals surface area (Å²) >= 11 is 0. The molecular formula is C10H17NO3. The van der Waals surface area contributed by atoms with E-state index in [0.717, 1.165) is 0 Å². The molecular weight excluding hydrogens is 182 g/mol. The molecule has 14 heavy (non-hydrogen) atoms. The molecule has 80 valence electrons. The predicted molar refractivity (Wildman–Crippen MR) is 50.3 cm³/mol. The van der Waals surface area contributed by atoms with Crippen LogP contribution in [0.2, 0.25) is 0 Å². The van der Waals surface area contributed by atoms with Gasteiger partial charge in [0.15, 0.2) is 0 Å². The minimum atomic E-state index is 0.0656. The van der Waals surface area contributed by atoms with Crippen LogP contribution in [0.3, 0.4) is 0 Å². The summed E-state index contributed by atoms with van der Waals surface area (Å²) in [6.45, 7) is 0.933. The summed E-state index contributed by atoms with van der Waals surface area (Å²) in [5.74, 6) is 1.61. The number of ether oxygens (including phenoxy) is 1. The average Bonchev–Trinajstić information content (AvgIpc) is 2.67. The number of carbonyl (C=O) groups excluding carboxylic acids is 1. The van der Waals surface area contributed by atoms with Crippen LogP contribution in [0.25, 0.3) is 0 Å². The molecule has 0 saturated heterocycles. The van der Waals surface area contributed by atoms with Crippen LogP contribution >= 0.6 is 0 Å². The van der Waals surface area contributed by atoms with E-state index in [-0.39, 0.29) is 11.8 Å². The van der Waals surface area contributed by atoms with Crippen molar-refractivity contribution >= 4 is 5.91 Å². The fraction of sp³-hybridized carbons (Fsp3) is 0.900. The molecule has 0 aromatic heterocycles. The first kappa shape index (κ1) is 9.93.